The maximum Gasteiger partial charge on any atom is 0.193 e. The van der Waals surface area contributed by atoms with Gasteiger partial charge in [0.15, 0.2) is 5.78 Å². The summed E-state index contributed by atoms with van der Waals surface area (Å²) >= 11 is 3.39. The second-order valence-electron chi connectivity index (χ2n) is 7.64. The number of ether oxygens (including phenoxy) is 1. The quantitative estimate of drug-likeness (QED) is 0.427. The van der Waals surface area contributed by atoms with Gasteiger partial charge in [0.25, 0.3) is 0 Å². The Bertz CT molecular complexity index is 808. The maximum absolute atomic E-state index is 12.5. The highest BCUT2D eigenvalue weighted by atomic mass is 79.9. The molecule has 0 N–H and O–H groups in total. The zero-order valence-electron chi connectivity index (χ0n) is 17.2. The Morgan fingerprint density at radius 1 is 1.03 bits per heavy atom. The number of piperidine rings is 1. The predicted octanol–water partition coefficient (Wildman–Crippen LogP) is 4.64. The number of likely N-dealkylation sites (tertiary alicyclic amines) is 1. The summed E-state index contributed by atoms with van der Waals surface area (Å²) in [6.45, 7) is 3.82. The molecule has 0 aliphatic carbocycles. The number of hydrogen-bond acceptors (Lipinski definition) is 4. The Balaban J connectivity index is 1.41. The molecule has 0 atom stereocenters. The molecule has 1 aliphatic rings. The van der Waals surface area contributed by atoms with Gasteiger partial charge < -0.3 is 9.64 Å². The molecule has 0 aromatic heterocycles. The summed E-state index contributed by atoms with van der Waals surface area (Å²) in [6, 6.07) is 15.5. The Labute approximate surface area is 182 Å². The van der Waals surface area contributed by atoms with E-state index in [4.69, 9.17) is 4.74 Å². The fourth-order valence-electron chi connectivity index (χ4n) is 3.52. The van der Waals surface area contributed by atoms with Crippen LogP contribution in [0.2, 0.25) is 0 Å². The number of nitrogens with zero attached hydrogens (tertiary/aromatic N) is 2. The third kappa shape index (κ3) is 6.53. The second-order valence-corrected chi connectivity index (χ2v) is 8.55. The summed E-state index contributed by atoms with van der Waals surface area (Å²) in [4.78, 5) is 17.3. The highest BCUT2D eigenvalue weighted by molar-refractivity contribution is 9.10. The molecule has 0 bridgehead atoms. The molecular weight excluding hydrogens is 428 g/mol. The first-order valence-electron chi connectivity index (χ1n) is 10.1. The molecule has 3 rings (SSSR count). The third-order valence-corrected chi connectivity index (χ3v) is 5.92. The van der Waals surface area contributed by atoms with E-state index < -0.39 is 0 Å². The fraction of sp³-hybridized carbons (Fsp3) is 0.375. The van der Waals surface area contributed by atoms with Gasteiger partial charge in [0.05, 0.1) is 0 Å². The normalized spacial score (nSPS) is 15.9. The van der Waals surface area contributed by atoms with Crippen LogP contribution in [0.5, 0.6) is 5.75 Å². The molecular formula is C24H29BrN2O2. The Morgan fingerprint density at radius 3 is 2.21 bits per heavy atom. The number of hydrogen-bond donors (Lipinski definition) is 0. The van der Waals surface area contributed by atoms with E-state index in [1.165, 1.54) is 12.8 Å². The van der Waals surface area contributed by atoms with E-state index in [1.807, 2.05) is 48.5 Å². The van der Waals surface area contributed by atoms with Crippen LogP contribution in [0, 0.1) is 0 Å². The van der Waals surface area contributed by atoms with Gasteiger partial charge in [0.1, 0.15) is 12.4 Å². The minimum atomic E-state index is 0.0157. The Kier molecular flexibility index (Phi) is 8.04. The lowest BCUT2D eigenvalue weighted by molar-refractivity contribution is 0.103. The number of ketones is 1. The van der Waals surface area contributed by atoms with E-state index in [-0.39, 0.29) is 5.78 Å². The Morgan fingerprint density at radius 2 is 1.62 bits per heavy atom. The number of rotatable bonds is 8. The number of carbonyl (C=O) groups is 1. The molecule has 2 aromatic carbocycles. The topological polar surface area (TPSA) is 32.8 Å². The van der Waals surface area contributed by atoms with Crippen molar-refractivity contribution in [1.29, 1.82) is 0 Å². The van der Waals surface area contributed by atoms with E-state index in [9.17, 15) is 4.79 Å². The van der Waals surface area contributed by atoms with Crippen molar-refractivity contribution in [3.63, 3.8) is 0 Å². The fourth-order valence-corrected chi connectivity index (χ4v) is 3.79. The highest BCUT2D eigenvalue weighted by Gasteiger charge is 2.19. The molecule has 1 heterocycles. The molecule has 2 aromatic rings. The molecule has 5 heteroatoms. The molecule has 0 saturated carbocycles. The van der Waals surface area contributed by atoms with Crippen molar-refractivity contribution in [2.75, 3.05) is 40.3 Å². The number of carbonyl (C=O) groups excluding carboxylic acids is 1. The van der Waals surface area contributed by atoms with E-state index in [0.29, 0.717) is 17.7 Å². The summed E-state index contributed by atoms with van der Waals surface area (Å²) in [5.74, 6) is 0.788. The lowest BCUT2D eigenvalue weighted by Gasteiger charge is -2.34. The van der Waals surface area contributed by atoms with Crippen LogP contribution in [0.4, 0.5) is 0 Å². The molecule has 0 amide bonds. The van der Waals surface area contributed by atoms with Crippen molar-refractivity contribution in [3.05, 3.63) is 76.3 Å². The first-order chi connectivity index (χ1) is 14.0. The largest absolute Gasteiger partial charge is 0.490 e. The average molecular weight is 457 g/mol. The van der Waals surface area contributed by atoms with Crippen LogP contribution >= 0.6 is 15.9 Å². The summed E-state index contributed by atoms with van der Waals surface area (Å²) in [5, 5.41) is 0. The molecule has 0 unspecified atom stereocenters. The third-order valence-electron chi connectivity index (χ3n) is 5.39. The molecule has 4 nitrogen and oxygen atoms in total. The lowest BCUT2D eigenvalue weighted by Crippen LogP contribution is -2.41. The summed E-state index contributed by atoms with van der Waals surface area (Å²) in [6.07, 6.45) is 6.73. The van der Waals surface area contributed by atoms with Crippen molar-refractivity contribution in [3.8, 4) is 5.75 Å². The summed E-state index contributed by atoms with van der Waals surface area (Å²) < 4.78 is 6.73. The van der Waals surface area contributed by atoms with Gasteiger partial charge in [-0.05, 0) is 88.6 Å². The van der Waals surface area contributed by atoms with Crippen LogP contribution in [0.15, 0.2) is 65.2 Å². The van der Waals surface area contributed by atoms with Gasteiger partial charge in [0, 0.05) is 28.2 Å². The van der Waals surface area contributed by atoms with Gasteiger partial charge in [-0.2, -0.15) is 0 Å². The van der Waals surface area contributed by atoms with E-state index in [0.717, 1.165) is 35.9 Å². The van der Waals surface area contributed by atoms with Gasteiger partial charge in [-0.15, -0.1) is 0 Å². The lowest BCUT2D eigenvalue weighted by atomic mass is 10.0. The molecule has 29 heavy (non-hydrogen) atoms. The van der Waals surface area contributed by atoms with Gasteiger partial charge in [-0.1, -0.05) is 28.1 Å². The van der Waals surface area contributed by atoms with Gasteiger partial charge in [-0.25, -0.2) is 0 Å². The number of benzene rings is 2. The zero-order chi connectivity index (χ0) is 20.6. The summed E-state index contributed by atoms with van der Waals surface area (Å²) in [7, 11) is 4.33. The Hall–Kier alpha value is -1.95. The summed E-state index contributed by atoms with van der Waals surface area (Å²) in [5.41, 5.74) is 1.34. The van der Waals surface area contributed by atoms with Crippen molar-refractivity contribution < 1.29 is 9.53 Å². The highest BCUT2D eigenvalue weighted by Crippen LogP contribution is 2.18. The van der Waals surface area contributed by atoms with E-state index in [1.54, 1.807) is 0 Å². The second kappa shape index (κ2) is 10.7. The monoisotopic (exact) mass is 456 g/mol. The maximum atomic E-state index is 12.5. The van der Waals surface area contributed by atoms with Crippen molar-refractivity contribution >= 4 is 21.7 Å². The van der Waals surface area contributed by atoms with Crippen LogP contribution in [-0.4, -0.2) is 62.0 Å². The number of halogens is 1. The van der Waals surface area contributed by atoms with Gasteiger partial charge in [-0.3, -0.25) is 9.69 Å². The zero-order valence-corrected chi connectivity index (χ0v) is 18.8. The van der Waals surface area contributed by atoms with Gasteiger partial charge in [0.2, 0.25) is 0 Å². The van der Waals surface area contributed by atoms with Crippen LogP contribution in [-0.2, 0) is 0 Å². The molecule has 0 radical (unpaired) electrons. The van der Waals surface area contributed by atoms with Crippen molar-refractivity contribution in [2.45, 2.75) is 18.9 Å². The SMILES string of the molecule is CN(C)C1CCN(CC=CCOc2ccc(C(=O)c3ccc(Br)cc3)cc2)CC1. The van der Waals surface area contributed by atoms with Crippen molar-refractivity contribution in [2.24, 2.45) is 0 Å². The van der Waals surface area contributed by atoms with Crippen LogP contribution in [0.1, 0.15) is 28.8 Å². The molecule has 1 saturated heterocycles. The van der Waals surface area contributed by atoms with Crippen LogP contribution in [0.25, 0.3) is 0 Å². The van der Waals surface area contributed by atoms with Gasteiger partial charge >= 0.3 is 0 Å². The van der Waals surface area contributed by atoms with Crippen molar-refractivity contribution in [1.82, 2.24) is 9.80 Å². The molecule has 1 fully saturated rings. The minimum Gasteiger partial charge on any atom is -0.490 e. The molecule has 0 spiro atoms. The smallest absolute Gasteiger partial charge is 0.193 e. The molecule has 1 aliphatic heterocycles. The van der Waals surface area contributed by atoms with E-state index in [2.05, 4.69) is 52.0 Å². The minimum absolute atomic E-state index is 0.0157. The average Bonchev–Trinajstić information content (AvgIpc) is 2.74. The first kappa shape index (κ1) is 21.8. The standard InChI is InChI=1S/C24H29BrN2O2/c1-26(2)22-13-16-27(17-14-22)15-3-4-18-29-23-11-7-20(8-12-23)24(28)19-5-9-21(25)10-6-19/h3-12,22H,13-18H2,1-2H3. The predicted molar refractivity (Wildman–Crippen MR) is 122 cm³/mol. The molecule has 154 valence electrons. The van der Waals surface area contributed by atoms with Crippen LogP contribution in [0.3, 0.4) is 0 Å². The van der Waals surface area contributed by atoms with E-state index >= 15 is 0 Å². The first-order valence-corrected chi connectivity index (χ1v) is 10.9. The van der Waals surface area contributed by atoms with Crippen LogP contribution < -0.4 is 4.74 Å².